The molecule has 0 spiro atoms. The first-order valence-corrected chi connectivity index (χ1v) is 12.9. The van der Waals surface area contributed by atoms with Crippen molar-refractivity contribution in [3.8, 4) is 11.5 Å². The molecular weight excluding hydrogens is 512 g/mol. The van der Waals surface area contributed by atoms with E-state index in [0.717, 1.165) is 11.3 Å². The van der Waals surface area contributed by atoms with Gasteiger partial charge in [0.15, 0.2) is 11.5 Å². The monoisotopic (exact) mass is 546 g/mol. The lowest BCUT2D eigenvalue weighted by molar-refractivity contribution is -0.137. The number of piperazine rings is 1. The van der Waals surface area contributed by atoms with E-state index in [4.69, 9.17) is 15.2 Å². The minimum absolute atomic E-state index is 0.0925. The number of benzene rings is 3. The van der Waals surface area contributed by atoms with Gasteiger partial charge in [-0.3, -0.25) is 14.4 Å². The quantitative estimate of drug-likeness (QED) is 0.347. The van der Waals surface area contributed by atoms with Gasteiger partial charge in [0.1, 0.15) is 0 Å². The number of aryl methyl sites for hydroxylation is 1. The molecule has 1 heterocycles. The Hall–Kier alpha value is -4.73. The van der Waals surface area contributed by atoms with Crippen LogP contribution in [0.1, 0.15) is 44.3 Å². The van der Waals surface area contributed by atoms with Crippen LogP contribution < -0.4 is 25.4 Å². The number of nitrogens with zero attached hydrogens (tertiary/aromatic N) is 2. The maximum absolute atomic E-state index is 13.1. The average molecular weight is 547 g/mol. The second-order valence-electron chi connectivity index (χ2n) is 9.66. The zero-order chi connectivity index (χ0) is 28.8. The summed E-state index contributed by atoms with van der Waals surface area (Å²) >= 11 is 0. The van der Waals surface area contributed by atoms with Crippen molar-refractivity contribution in [2.24, 2.45) is 0 Å². The van der Waals surface area contributed by atoms with Gasteiger partial charge in [-0.1, -0.05) is 29.8 Å². The molecule has 0 saturated carbocycles. The fourth-order valence-corrected chi connectivity index (χ4v) is 4.75. The lowest BCUT2D eigenvalue weighted by Gasteiger charge is -2.36. The highest BCUT2D eigenvalue weighted by molar-refractivity contribution is 5.97. The first-order valence-electron chi connectivity index (χ1n) is 12.9. The van der Waals surface area contributed by atoms with E-state index in [0.29, 0.717) is 60.1 Å². The predicted molar refractivity (Wildman–Crippen MR) is 152 cm³/mol. The Labute approximate surface area is 233 Å². The largest absolute Gasteiger partial charge is 0.493 e. The molecule has 3 aromatic rings. The van der Waals surface area contributed by atoms with Crippen LogP contribution >= 0.6 is 0 Å². The summed E-state index contributed by atoms with van der Waals surface area (Å²) in [5, 5.41) is 12.2. The van der Waals surface area contributed by atoms with Crippen LogP contribution in [0.25, 0.3) is 0 Å². The molecule has 1 atom stereocenters. The number of carboxylic acid groups (broad SMARTS) is 1. The molecule has 1 fully saturated rings. The van der Waals surface area contributed by atoms with Crippen LogP contribution in [0.3, 0.4) is 0 Å². The Morgan fingerprint density at radius 2 is 1.55 bits per heavy atom. The SMILES string of the molecule is COc1ccc(C(=O)N2CCN(c3ccc(C(=O)NC(CC(=O)O)c4ccc(C)cc4)cc3N)CC2)cc1OC. The number of aliphatic carboxylic acids is 1. The average Bonchev–Trinajstić information content (AvgIpc) is 2.96. The summed E-state index contributed by atoms with van der Waals surface area (Å²) in [5.74, 6) is -0.453. The van der Waals surface area contributed by atoms with Crippen molar-refractivity contribution in [3.63, 3.8) is 0 Å². The van der Waals surface area contributed by atoms with E-state index in [1.165, 1.54) is 7.11 Å². The molecule has 210 valence electrons. The van der Waals surface area contributed by atoms with Crippen molar-refractivity contribution in [2.75, 3.05) is 51.0 Å². The summed E-state index contributed by atoms with van der Waals surface area (Å²) in [4.78, 5) is 41.4. The minimum atomic E-state index is -1.01. The highest BCUT2D eigenvalue weighted by atomic mass is 16.5. The molecule has 10 heteroatoms. The standard InChI is InChI=1S/C30H34N4O6/c1-19-4-6-20(7-5-19)24(18-28(35)36)32-29(37)21-8-10-25(23(31)16-21)33-12-14-34(15-13-33)30(38)22-9-11-26(39-2)27(17-22)40-3/h4-11,16-17,24H,12-15,18,31H2,1-3H3,(H,32,37)(H,35,36). The van der Waals surface area contributed by atoms with Crippen LogP contribution in [0, 0.1) is 6.92 Å². The number of carbonyl (C=O) groups is 3. The number of nitrogen functional groups attached to an aromatic ring is 1. The maximum Gasteiger partial charge on any atom is 0.305 e. The molecule has 2 amide bonds. The van der Waals surface area contributed by atoms with E-state index in [-0.39, 0.29) is 12.3 Å². The molecule has 1 aliphatic heterocycles. The number of hydrogen-bond donors (Lipinski definition) is 3. The van der Waals surface area contributed by atoms with Crippen molar-refractivity contribution >= 4 is 29.2 Å². The Balaban J connectivity index is 1.40. The molecule has 0 aliphatic carbocycles. The zero-order valence-corrected chi connectivity index (χ0v) is 22.8. The number of nitrogens with one attached hydrogen (secondary N) is 1. The Kier molecular flexibility index (Phi) is 8.78. The third kappa shape index (κ3) is 6.45. The van der Waals surface area contributed by atoms with Crippen LogP contribution in [0.4, 0.5) is 11.4 Å². The fourth-order valence-electron chi connectivity index (χ4n) is 4.75. The van der Waals surface area contributed by atoms with Crippen molar-refractivity contribution < 1.29 is 29.0 Å². The van der Waals surface area contributed by atoms with E-state index in [1.54, 1.807) is 48.4 Å². The van der Waals surface area contributed by atoms with E-state index >= 15 is 0 Å². The van der Waals surface area contributed by atoms with Gasteiger partial charge in [0.25, 0.3) is 11.8 Å². The number of amides is 2. The normalized spacial score (nSPS) is 13.9. The van der Waals surface area contributed by atoms with Gasteiger partial charge in [0.05, 0.1) is 38.1 Å². The fraction of sp³-hybridized carbons (Fsp3) is 0.300. The zero-order valence-electron chi connectivity index (χ0n) is 22.8. The summed E-state index contributed by atoms with van der Waals surface area (Å²) in [6, 6.07) is 16.9. The van der Waals surface area contributed by atoms with E-state index in [9.17, 15) is 19.5 Å². The first kappa shape index (κ1) is 28.3. The molecule has 1 saturated heterocycles. The lowest BCUT2D eigenvalue weighted by atomic mass is 10.0. The van der Waals surface area contributed by atoms with Gasteiger partial charge >= 0.3 is 5.97 Å². The van der Waals surface area contributed by atoms with Crippen molar-refractivity contribution in [1.82, 2.24) is 10.2 Å². The van der Waals surface area contributed by atoms with Gasteiger partial charge in [0, 0.05) is 37.3 Å². The van der Waals surface area contributed by atoms with E-state index in [1.807, 2.05) is 31.2 Å². The van der Waals surface area contributed by atoms with Crippen molar-refractivity contribution in [3.05, 3.63) is 82.9 Å². The highest BCUT2D eigenvalue weighted by Gasteiger charge is 2.25. The molecule has 1 unspecified atom stereocenters. The van der Waals surface area contributed by atoms with Gasteiger partial charge in [0.2, 0.25) is 0 Å². The first-order chi connectivity index (χ1) is 19.2. The summed E-state index contributed by atoms with van der Waals surface area (Å²) in [5.41, 5.74) is 10.2. The molecule has 0 bridgehead atoms. The Morgan fingerprint density at radius 1 is 0.900 bits per heavy atom. The second-order valence-corrected chi connectivity index (χ2v) is 9.66. The molecule has 0 aromatic heterocycles. The summed E-state index contributed by atoms with van der Waals surface area (Å²) in [6.07, 6.45) is -0.241. The molecule has 40 heavy (non-hydrogen) atoms. The molecule has 4 N–H and O–H groups in total. The maximum atomic E-state index is 13.1. The Morgan fingerprint density at radius 3 is 2.15 bits per heavy atom. The molecular formula is C30H34N4O6. The van der Waals surface area contributed by atoms with Gasteiger partial charge in [-0.2, -0.15) is 0 Å². The number of methoxy groups -OCH3 is 2. The summed E-state index contributed by atoms with van der Waals surface area (Å²) < 4.78 is 10.6. The van der Waals surface area contributed by atoms with E-state index in [2.05, 4.69) is 10.2 Å². The van der Waals surface area contributed by atoms with Crippen LogP contribution in [0.5, 0.6) is 11.5 Å². The van der Waals surface area contributed by atoms with Gasteiger partial charge < -0.3 is 35.4 Å². The summed E-state index contributed by atoms with van der Waals surface area (Å²) in [7, 11) is 3.08. The minimum Gasteiger partial charge on any atom is -0.493 e. The molecule has 1 aliphatic rings. The van der Waals surface area contributed by atoms with Gasteiger partial charge in [-0.25, -0.2) is 0 Å². The lowest BCUT2D eigenvalue weighted by Crippen LogP contribution is -2.49. The number of nitrogens with two attached hydrogens (primary N) is 1. The van der Waals surface area contributed by atoms with Gasteiger partial charge in [-0.05, 0) is 48.9 Å². The number of anilines is 2. The van der Waals surface area contributed by atoms with Crippen LogP contribution in [0.2, 0.25) is 0 Å². The topological polar surface area (TPSA) is 134 Å². The number of hydrogen-bond acceptors (Lipinski definition) is 7. The van der Waals surface area contributed by atoms with Crippen molar-refractivity contribution in [1.29, 1.82) is 0 Å². The number of carboxylic acids is 1. The summed E-state index contributed by atoms with van der Waals surface area (Å²) in [6.45, 7) is 4.09. The molecule has 0 radical (unpaired) electrons. The van der Waals surface area contributed by atoms with Crippen LogP contribution in [0.15, 0.2) is 60.7 Å². The molecule has 10 nitrogen and oxygen atoms in total. The smallest absolute Gasteiger partial charge is 0.305 e. The van der Waals surface area contributed by atoms with Gasteiger partial charge in [-0.15, -0.1) is 0 Å². The third-order valence-corrected chi connectivity index (χ3v) is 6.99. The van der Waals surface area contributed by atoms with E-state index < -0.39 is 17.9 Å². The Bertz CT molecular complexity index is 1380. The highest BCUT2D eigenvalue weighted by Crippen LogP contribution is 2.29. The van der Waals surface area contributed by atoms with Crippen LogP contribution in [-0.2, 0) is 4.79 Å². The second kappa shape index (κ2) is 12.4. The predicted octanol–water partition coefficient (Wildman–Crippen LogP) is 3.50. The molecule has 3 aromatic carbocycles. The third-order valence-electron chi connectivity index (χ3n) is 6.99. The molecule has 4 rings (SSSR count). The van der Waals surface area contributed by atoms with Crippen LogP contribution in [-0.4, -0.2) is 68.2 Å². The number of carbonyl (C=O) groups excluding carboxylic acids is 2. The van der Waals surface area contributed by atoms with Crippen molar-refractivity contribution in [2.45, 2.75) is 19.4 Å². The number of ether oxygens (including phenoxy) is 2. The number of rotatable bonds is 9.